The number of hydrogen-bond donors (Lipinski definition) is 1. The molecule has 0 radical (unpaired) electrons. The first-order chi connectivity index (χ1) is 12.8. The highest BCUT2D eigenvalue weighted by molar-refractivity contribution is 8.77. The molecule has 3 nitrogen and oxygen atoms in total. The number of para-hydroxylation sites is 2. The number of rotatable bonds is 8. The van der Waals surface area contributed by atoms with Gasteiger partial charge in [-0.3, -0.25) is 0 Å². The number of thiazole rings is 2. The Labute approximate surface area is 175 Å². The maximum Gasteiger partial charge on any atom is 0.161 e. The van der Waals surface area contributed by atoms with Crippen molar-refractivity contribution in [1.29, 1.82) is 0 Å². The summed E-state index contributed by atoms with van der Waals surface area (Å²) in [4.78, 5) is 9.19. The van der Waals surface area contributed by atoms with E-state index in [4.69, 9.17) is 0 Å². The molecule has 2 aromatic carbocycles. The number of aromatic nitrogens is 2. The number of fused-ring (bicyclic) bond motifs is 2. The molecular weight excluding hydrogens is 441 g/mol. The van der Waals surface area contributed by atoms with E-state index < -0.39 is 0 Å². The van der Waals surface area contributed by atoms with Gasteiger partial charge in [-0.1, -0.05) is 45.9 Å². The first kappa shape index (κ1) is 18.9. The van der Waals surface area contributed by atoms with Gasteiger partial charge in [0, 0.05) is 11.5 Å². The third kappa shape index (κ3) is 4.89. The van der Waals surface area contributed by atoms with Crippen LogP contribution in [0.4, 0.5) is 0 Å². The fourth-order valence-corrected chi connectivity index (χ4v) is 9.32. The Bertz CT molecular complexity index is 855. The third-order valence-electron chi connectivity index (χ3n) is 3.33. The molecule has 9 heteroatoms. The maximum atomic E-state index is 10.2. The zero-order valence-corrected chi connectivity index (χ0v) is 18.3. The minimum absolute atomic E-state index is 0.339. The van der Waals surface area contributed by atoms with Crippen LogP contribution in [0.3, 0.4) is 0 Å². The molecular formula is C17H14N2OS6. The zero-order valence-electron chi connectivity index (χ0n) is 13.4. The van der Waals surface area contributed by atoms with Crippen LogP contribution in [0.5, 0.6) is 0 Å². The van der Waals surface area contributed by atoms with E-state index in [2.05, 4.69) is 22.1 Å². The maximum absolute atomic E-state index is 10.2. The van der Waals surface area contributed by atoms with Crippen molar-refractivity contribution in [3.8, 4) is 0 Å². The number of nitrogens with zero attached hydrogens (tertiary/aromatic N) is 2. The summed E-state index contributed by atoms with van der Waals surface area (Å²) in [6.45, 7) is 0. The Balaban J connectivity index is 1.19. The monoisotopic (exact) mass is 454 g/mol. The zero-order chi connectivity index (χ0) is 17.8. The van der Waals surface area contributed by atoms with E-state index in [0.29, 0.717) is 11.5 Å². The van der Waals surface area contributed by atoms with Gasteiger partial charge in [0.1, 0.15) is 0 Å². The summed E-state index contributed by atoms with van der Waals surface area (Å²) in [6.07, 6.45) is -0.339. The summed E-state index contributed by atoms with van der Waals surface area (Å²) >= 11 is 3.40. The van der Waals surface area contributed by atoms with Crippen LogP contribution in [0.25, 0.3) is 20.4 Å². The predicted molar refractivity (Wildman–Crippen MR) is 122 cm³/mol. The van der Waals surface area contributed by atoms with Crippen LogP contribution in [0.2, 0.25) is 0 Å². The topological polar surface area (TPSA) is 46.0 Å². The van der Waals surface area contributed by atoms with Gasteiger partial charge in [-0.05, 0) is 45.9 Å². The predicted octanol–water partition coefficient (Wildman–Crippen LogP) is 6.45. The van der Waals surface area contributed by atoms with Crippen molar-refractivity contribution in [3.63, 3.8) is 0 Å². The molecule has 0 amide bonds. The molecule has 0 bridgehead atoms. The summed E-state index contributed by atoms with van der Waals surface area (Å²) in [7, 11) is 6.61. The van der Waals surface area contributed by atoms with Crippen molar-refractivity contribution in [1.82, 2.24) is 9.97 Å². The molecule has 0 spiro atoms. The normalized spacial score (nSPS) is 11.8. The molecule has 26 heavy (non-hydrogen) atoms. The first-order valence-electron chi connectivity index (χ1n) is 7.76. The molecule has 4 aromatic rings. The number of aliphatic hydroxyl groups is 1. The van der Waals surface area contributed by atoms with Gasteiger partial charge in [0.2, 0.25) is 0 Å². The third-order valence-corrected chi connectivity index (χ3v) is 10.8. The molecule has 4 rings (SSSR count). The second-order valence-electron chi connectivity index (χ2n) is 5.28. The fraction of sp³-hybridized carbons (Fsp3) is 0.176. The van der Waals surface area contributed by atoms with Crippen LogP contribution in [0.1, 0.15) is 0 Å². The molecule has 0 aliphatic rings. The van der Waals surface area contributed by atoms with Crippen molar-refractivity contribution in [2.45, 2.75) is 14.8 Å². The van der Waals surface area contributed by atoms with E-state index in [1.165, 1.54) is 9.40 Å². The van der Waals surface area contributed by atoms with E-state index in [9.17, 15) is 5.11 Å². The van der Waals surface area contributed by atoms with Gasteiger partial charge in [0.05, 0.1) is 26.5 Å². The van der Waals surface area contributed by atoms with E-state index in [1.807, 2.05) is 36.4 Å². The summed E-state index contributed by atoms with van der Waals surface area (Å²) < 4.78 is 4.50. The molecule has 0 unspecified atom stereocenters. The quantitative estimate of drug-likeness (QED) is 0.307. The summed E-state index contributed by atoms with van der Waals surface area (Å²) in [5, 5.41) is 10.2. The molecule has 0 atom stereocenters. The Hall–Kier alpha value is -0.420. The first-order valence-corrected chi connectivity index (χ1v) is 14.0. The van der Waals surface area contributed by atoms with Crippen molar-refractivity contribution >= 4 is 86.3 Å². The molecule has 0 saturated heterocycles. The van der Waals surface area contributed by atoms with E-state index in [1.54, 1.807) is 65.8 Å². The molecule has 2 heterocycles. The average Bonchev–Trinajstić information content (AvgIpc) is 3.24. The number of aliphatic hydroxyl groups excluding tert-OH is 1. The van der Waals surface area contributed by atoms with Gasteiger partial charge < -0.3 is 5.11 Å². The smallest absolute Gasteiger partial charge is 0.161 e. The van der Waals surface area contributed by atoms with Gasteiger partial charge in [0.15, 0.2) is 8.68 Å². The Morgan fingerprint density at radius 2 is 1.23 bits per heavy atom. The highest BCUT2D eigenvalue weighted by Gasteiger charge is 2.10. The van der Waals surface area contributed by atoms with Gasteiger partial charge in [-0.15, -0.1) is 22.7 Å². The fourth-order valence-electron chi connectivity index (χ4n) is 2.15. The minimum Gasteiger partial charge on any atom is -0.391 e. The Kier molecular flexibility index (Phi) is 6.68. The summed E-state index contributed by atoms with van der Waals surface area (Å²) in [5.74, 6) is 1.38. The lowest BCUT2D eigenvalue weighted by molar-refractivity contribution is 0.225. The van der Waals surface area contributed by atoms with Crippen LogP contribution in [0, 0.1) is 0 Å². The molecule has 134 valence electrons. The van der Waals surface area contributed by atoms with Gasteiger partial charge in [-0.25, -0.2) is 9.97 Å². The number of hydrogen-bond acceptors (Lipinski definition) is 9. The lowest BCUT2D eigenvalue weighted by atomic mass is 10.3. The van der Waals surface area contributed by atoms with Crippen LogP contribution < -0.4 is 0 Å². The van der Waals surface area contributed by atoms with Crippen LogP contribution in [-0.4, -0.2) is 32.7 Å². The molecule has 0 aliphatic heterocycles. The second-order valence-corrected chi connectivity index (χ2v) is 12.5. The SMILES string of the molecule is OC(CSSc1nc2ccccc2s1)CSSc1nc2ccccc2s1. The average molecular weight is 455 g/mol. The molecule has 2 aromatic heterocycles. The van der Waals surface area contributed by atoms with Crippen molar-refractivity contribution in [2.24, 2.45) is 0 Å². The molecule has 0 aliphatic carbocycles. The van der Waals surface area contributed by atoms with Crippen molar-refractivity contribution in [2.75, 3.05) is 11.5 Å². The lowest BCUT2D eigenvalue weighted by Crippen LogP contribution is -2.11. The Morgan fingerprint density at radius 1 is 0.769 bits per heavy atom. The van der Waals surface area contributed by atoms with E-state index >= 15 is 0 Å². The molecule has 0 saturated carbocycles. The van der Waals surface area contributed by atoms with Crippen LogP contribution in [0.15, 0.2) is 57.2 Å². The van der Waals surface area contributed by atoms with Crippen molar-refractivity contribution < 1.29 is 5.11 Å². The van der Waals surface area contributed by atoms with E-state index in [-0.39, 0.29) is 6.10 Å². The standard InChI is InChI=1S/C17H14N2OS6/c20-11(9-21-25-16-18-12-5-1-3-7-14(12)23-16)10-22-26-17-19-13-6-2-4-8-15(13)24-17/h1-8,11,20H,9-10H2. The van der Waals surface area contributed by atoms with Crippen molar-refractivity contribution in [3.05, 3.63) is 48.5 Å². The number of benzene rings is 2. The molecule has 1 N–H and O–H groups in total. The van der Waals surface area contributed by atoms with Crippen LogP contribution >= 0.6 is 65.8 Å². The summed E-state index contributed by atoms with van der Waals surface area (Å²) in [5.41, 5.74) is 2.09. The molecule has 0 fully saturated rings. The van der Waals surface area contributed by atoms with Crippen LogP contribution in [-0.2, 0) is 0 Å². The van der Waals surface area contributed by atoms with Gasteiger partial charge in [-0.2, -0.15) is 0 Å². The minimum atomic E-state index is -0.339. The second kappa shape index (κ2) is 9.18. The highest BCUT2D eigenvalue weighted by Crippen LogP contribution is 2.39. The van der Waals surface area contributed by atoms with E-state index in [0.717, 1.165) is 19.7 Å². The van der Waals surface area contributed by atoms with Gasteiger partial charge >= 0.3 is 0 Å². The lowest BCUT2D eigenvalue weighted by Gasteiger charge is -2.07. The largest absolute Gasteiger partial charge is 0.391 e. The van der Waals surface area contributed by atoms with Gasteiger partial charge in [0.25, 0.3) is 0 Å². The Morgan fingerprint density at radius 3 is 1.69 bits per heavy atom. The summed E-state index contributed by atoms with van der Waals surface area (Å²) in [6, 6.07) is 16.3. The highest BCUT2D eigenvalue weighted by atomic mass is 33.1.